The Labute approximate surface area is 75.6 Å². The third-order valence-corrected chi connectivity index (χ3v) is 1.91. The Hall–Kier alpha value is -1.55. The van der Waals surface area contributed by atoms with Crippen LogP contribution in [0.15, 0.2) is 24.3 Å². The van der Waals surface area contributed by atoms with Gasteiger partial charge in [0.15, 0.2) is 0 Å². The van der Waals surface area contributed by atoms with Crippen LogP contribution >= 0.6 is 0 Å². The van der Waals surface area contributed by atoms with Gasteiger partial charge in [-0.3, -0.25) is 0 Å². The highest BCUT2D eigenvalue weighted by Crippen LogP contribution is 2.26. The van der Waals surface area contributed by atoms with Crippen molar-refractivity contribution in [3.63, 3.8) is 0 Å². The van der Waals surface area contributed by atoms with Crippen LogP contribution in [0.25, 0.3) is 0 Å². The summed E-state index contributed by atoms with van der Waals surface area (Å²) in [7, 11) is 0. The van der Waals surface area contributed by atoms with E-state index >= 15 is 0 Å². The molecule has 0 spiro atoms. The molecule has 70 valence electrons. The van der Waals surface area contributed by atoms with Crippen molar-refractivity contribution in [1.29, 1.82) is 0 Å². The van der Waals surface area contributed by atoms with Crippen LogP contribution in [0, 0.1) is 0 Å². The molecule has 0 aromatic heterocycles. The fraction of sp³-hybridized carbons (Fsp3) is 0.222. The second-order valence-electron chi connectivity index (χ2n) is 3.02. The number of carboxylic acid groups (broad SMARTS) is 1. The van der Waals surface area contributed by atoms with Crippen molar-refractivity contribution < 1.29 is 15.0 Å². The van der Waals surface area contributed by atoms with Gasteiger partial charge in [-0.15, -0.1) is 0 Å². The maximum absolute atomic E-state index is 10.7. The fourth-order valence-electron chi connectivity index (χ4n) is 1.03. The first-order valence-electron chi connectivity index (χ1n) is 3.77. The van der Waals surface area contributed by atoms with Gasteiger partial charge >= 0.3 is 5.97 Å². The Balaban J connectivity index is 3.22. The number of carboxylic acids is 1. The van der Waals surface area contributed by atoms with Crippen molar-refractivity contribution >= 4 is 5.97 Å². The number of rotatable bonds is 2. The summed E-state index contributed by atoms with van der Waals surface area (Å²) >= 11 is 0. The highest BCUT2D eigenvalue weighted by Gasteiger charge is 2.32. The molecule has 1 atom stereocenters. The molecular weight excluding hydrogens is 170 g/mol. The number of hydrogen-bond acceptors (Lipinski definition) is 3. The number of benzene rings is 1. The van der Waals surface area contributed by atoms with Crippen LogP contribution in [0.2, 0.25) is 0 Å². The monoisotopic (exact) mass is 181 g/mol. The average molecular weight is 181 g/mol. The summed E-state index contributed by atoms with van der Waals surface area (Å²) in [6.07, 6.45) is 0. The van der Waals surface area contributed by atoms with Crippen LogP contribution in [-0.2, 0) is 10.3 Å². The van der Waals surface area contributed by atoms with E-state index in [2.05, 4.69) is 0 Å². The third kappa shape index (κ3) is 1.62. The predicted octanol–water partition coefficient (Wildman–Crippen LogP) is 0.651. The molecule has 0 fully saturated rings. The van der Waals surface area contributed by atoms with Crippen LogP contribution < -0.4 is 5.73 Å². The molecule has 4 N–H and O–H groups in total. The van der Waals surface area contributed by atoms with Gasteiger partial charge in [-0.1, -0.05) is 18.2 Å². The van der Waals surface area contributed by atoms with E-state index in [0.717, 1.165) is 0 Å². The van der Waals surface area contributed by atoms with E-state index in [-0.39, 0.29) is 11.3 Å². The quantitative estimate of drug-likeness (QED) is 0.625. The summed E-state index contributed by atoms with van der Waals surface area (Å²) in [5, 5.41) is 18.1. The molecule has 0 saturated carbocycles. The van der Waals surface area contributed by atoms with Gasteiger partial charge < -0.3 is 15.9 Å². The number of aliphatic carboxylic acids is 1. The van der Waals surface area contributed by atoms with Gasteiger partial charge in [-0.2, -0.15) is 0 Å². The van der Waals surface area contributed by atoms with Gasteiger partial charge in [0.05, 0.1) is 0 Å². The van der Waals surface area contributed by atoms with E-state index in [1.165, 1.54) is 19.1 Å². The summed E-state index contributed by atoms with van der Waals surface area (Å²) in [5.41, 5.74) is 4.18. The van der Waals surface area contributed by atoms with Gasteiger partial charge in [0.25, 0.3) is 0 Å². The summed E-state index contributed by atoms with van der Waals surface area (Å²) in [5.74, 6) is -1.27. The molecule has 0 aliphatic rings. The molecule has 0 bridgehead atoms. The van der Waals surface area contributed by atoms with E-state index in [0.29, 0.717) is 0 Å². The van der Waals surface area contributed by atoms with Gasteiger partial charge in [0, 0.05) is 5.56 Å². The molecule has 1 aromatic rings. The minimum atomic E-state index is -1.55. The van der Waals surface area contributed by atoms with Crippen LogP contribution in [-0.4, -0.2) is 16.2 Å². The number of phenolic OH excluding ortho intramolecular Hbond substituents is 1. The van der Waals surface area contributed by atoms with Crippen molar-refractivity contribution in [2.75, 3.05) is 0 Å². The highest BCUT2D eigenvalue weighted by molar-refractivity contribution is 5.80. The summed E-state index contributed by atoms with van der Waals surface area (Å²) in [6.45, 7) is 1.34. The Kier molecular flexibility index (Phi) is 2.25. The molecule has 0 heterocycles. The number of carbonyl (C=O) groups is 1. The molecule has 0 unspecified atom stereocenters. The zero-order chi connectivity index (χ0) is 10.1. The first kappa shape index (κ1) is 9.54. The lowest BCUT2D eigenvalue weighted by Crippen LogP contribution is -2.41. The average Bonchev–Trinajstić information content (AvgIpc) is 2.04. The van der Waals surface area contributed by atoms with Crippen LogP contribution in [0.5, 0.6) is 5.75 Å². The van der Waals surface area contributed by atoms with E-state index in [1.807, 2.05) is 0 Å². The summed E-state index contributed by atoms with van der Waals surface area (Å²) < 4.78 is 0. The second-order valence-corrected chi connectivity index (χ2v) is 3.02. The minimum absolute atomic E-state index is 0.102. The van der Waals surface area contributed by atoms with Crippen LogP contribution in [0.1, 0.15) is 12.5 Å². The van der Waals surface area contributed by atoms with Crippen molar-refractivity contribution in [2.45, 2.75) is 12.5 Å². The topological polar surface area (TPSA) is 83.6 Å². The molecule has 0 aliphatic heterocycles. The lowest BCUT2D eigenvalue weighted by molar-refractivity contribution is -0.143. The predicted molar refractivity (Wildman–Crippen MR) is 47.3 cm³/mol. The molecule has 0 saturated heterocycles. The number of aromatic hydroxyl groups is 1. The Morgan fingerprint density at radius 2 is 2.00 bits per heavy atom. The van der Waals surface area contributed by atoms with Gasteiger partial charge in [-0.25, -0.2) is 4.79 Å². The zero-order valence-corrected chi connectivity index (χ0v) is 7.19. The molecule has 1 rings (SSSR count). The molecule has 0 amide bonds. The first-order chi connectivity index (χ1) is 5.96. The fourth-order valence-corrected chi connectivity index (χ4v) is 1.03. The minimum Gasteiger partial charge on any atom is -0.508 e. The largest absolute Gasteiger partial charge is 0.508 e. The second kappa shape index (κ2) is 3.06. The molecular formula is C9H11NO3. The SMILES string of the molecule is C[C@](N)(C(=O)O)c1ccccc1O. The normalized spacial score (nSPS) is 14.9. The molecule has 0 radical (unpaired) electrons. The van der Waals surface area contributed by atoms with Gasteiger partial charge in [-0.05, 0) is 13.0 Å². The summed E-state index contributed by atoms with van der Waals surface area (Å²) in [4.78, 5) is 10.7. The number of hydrogen-bond donors (Lipinski definition) is 3. The van der Waals surface area contributed by atoms with Gasteiger partial charge in [0.1, 0.15) is 11.3 Å². The molecule has 1 aromatic carbocycles. The standard InChI is InChI=1S/C9H11NO3/c1-9(10,8(12)13)6-4-2-3-5-7(6)11/h2-5,11H,10H2,1H3,(H,12,13)/t9-/m1/s1. The van der Waals surface area contributed by atoms with Crippen LogP contribution in [0.4, 0.5) is 0 Å². The van der Waals surface area contributed by atoms with Crippen molar-refractivity contribution in [3.8, 4) is 5.75 Å². The summed E-state index contributed by atoms with van der Waals surface area (Å²) in [6, 6.07) is 6.13. The highest BCUT2D eigenvalue weighted by atomic mass is 16.4. The molecule has 4 nitrogen and oxygen atoms in total. The number of para-hydroxylation sites is 1. The molecule has 4 heteroatoms. The molecule has 0 aliphatic carbocycles. The lowest BCUT2D eigenvalue weighted by Gasteiger charge is -2.20. The van der Waals surface area contributed by atoms with Crippen LogP contribution in [0.3, 0.4) is 0 Å². The Bertz CT molecular complexity index is 333. The Morgan fingerprint density at radius 1 is 1.46 bits per heavy atom. The number of nitrogens with two attached hydrogens (primary N) is 1. The van der Waals surface area contributed by atoms with Crippen molar-refractivity contribution in [1.82, 2.24) is 0 Å². The lowest BCUT2D eigenvalue weighted by atomic mass is 9.93. The maximum Gasteiger partial charge on any atom is 0.328 e. The van der Waals surface area contributed by atoms with Crippen molar-refractivity contribution in [3.05, 3.63) is 29.8 Å². The smallest absolute Gasteiger partial charge is 0.328 e. The maximum atomic E-state index is 10.7. The van der Waals surface area contributed by atoms with E-state index in [9.17, 15) is 9.90 Å². The number of phenols is 1. The molecule has 13 heavy (non-hydrogen) atoms. The Morgan fingerprint density at radius 3 is 2.46 bits per heavy atom. The van der Waals surface area contributed by atoms with E-state index in [1.54, 1.807) is 12.1 Å². The van der Waals surface area contributed by atoms with Gasteiger partial charge in [0.2, 0.25) is 0 Å². The van der Waals surface area contributed by atoms with E-state index < -0.39 is 11.5 Å². The van der Waals surface area contributed by atoms with E-state index in [4.69, 9.17) is 10.8 Å². The zero-order valence-electron chi connectivity index (χ0n) is 7.19. The first-order valence-corrected chi connectivity index (χ1v) is 3.77. The van der Waals surface area contributed by atoms with Crippen molar-refractivity contribution in [2.24, 2.45) is 5.73 Å². The third-order valence-electron chi connectivity index (χ3n) is 1.91.